The first-order valence-corrected chi connectivity index (χ1v) is 5.71. The second-order valence-electron chi connectivity index (χ2n) is 4.52. The third-order valence-electron chi connectivity index (χ3n) is 2.79. The molecule has 0 aliphatic heterocycles. The van der Waals surface area contributed by atoms with Gasteiger partial charge in [-0.05, 0) is 0 Å². The van der Waals surface area contributed by atoms with E-state index in [0.29, 0.717) is 0 Å². The SMILES string of the molecule is O=C=NCC(F)(F)C(F)(F)C(F)(F)C(F)(F)C(F)(F)C(F)(F)CN=C=O. The van der Waals surface area contributed by atoms with Gasteiger partial charge in [0.2, 0.25) is 12.2 Å². The molecule has 0 atom stereocenters. The number of hydrogen-bond donors (Lipinski definition) is 0. The first-order chi connectivity index (χ1) is 11.4. The predicted octanol–water partition coefficient (Wildman–Crippen LogP) is 3.47. The van der Waals surface area contributed by atoms with Gasteiger partial charge in [-0.25, -0.2) is 9.59 Å². The number of aliphatic imine (C=N–C) groups is 2. The van der Waals surface area contributed by atoms with E-state index >= 15 is 0 Å². The molecule has 0 fully saturated rings. The minimum Gasteiger partial charge on any atom is -0.211 e. The van der Waals surface area contributed by atoms with Crippen LogP contribution in [-0.2, 0) is 9.59 Å². The molecule has 0 aromatic heterocycles. The summed E-state index contributed by atoms with van der Waals surface area (Å²) in [6, 6.07) is 0. The number of rotatable bonds is 9. The van der Waals surface area contributed by atoms with Crippen LogP contribution in [-0.4, -0.2) is 60.8 Å². The van der Waals surface area contributed by atoms with E-state index in [1.165, 1.54) is 0 Å². The highest BCUT2D eigenvalue weighted by atomic mass is 19.4. The van der Waals surface area contributed by atoms with E-state index in [2.05, 4.69) is 0 Å². The summed E-state index contributed by atoms with van der Waals surface area (Å²) in [6.45, 7) is -5.76. The summed E-state index contributed by atoms with van der Waals surface area (Å²) in [7, 11) is 0. The highest BCUT2D eigenvalue weighted by molar-refractivity contribution is 5.33. The fourth-order valence-electron chi connectivity index (χ4n) is 1.32. The lowest BCUT2D eigenvalue weighted by Crippen LogP contribution is -2.71. The molecule has 0 heterocycles. The number of carbonyl (C=O) groups excluding carboxylic acids is 2. The molecule has 26 heavy (non-hydrogen) atoms. The summed E-state index contributed by atoms with van der Waals surface area (Å²) >= 11 is 0. The number of halogens is 12. The monoisotopic (exact) mass is 412 g/mol. The van der Waals surface area contributed by atoms with Crippen molar-refractivity contribution in [2.24, 2.45) is 9.98 Å². The van der Waals surface area contributed by atoms with Crippen molar-refractivity contribution in [1.82, 2.24) is 0 Å². The van der Waals surface area contributed by atoms with Crippen LogP contribution in [0.25, 0.3) is 0 Å². The van der Waals surface area contributed by atoms with Crippen molar-refractivity contribution in [3.63, 3.8) is 0 Å². The van der Waals surface area contributed by atoms with Crippen LogP contribution in [0.4, 0.5) is 52.7 Å². The fraction of sp³-hybridized carbons (Fsp3) is 0.800. The van der Waals surface area contributed by atoms with Crippen LogP contribution in [0.2, 0.25) is 0 Å². The van der Waals surface area contributed by atoms with Gasteiger partial charge in [0.15, 0.2) is 0 Å². The highest BCUT2D eigenvalue weighted by Crippen LogP contribution is 2.59. The Kier molecular flexibility index (Phi) is 6.36. The Labute approximate surface area is 134 Å². The van der Waals surface area contributed by atoms with Gasteiger partial charge in [0.05, 0.1) is 0 Å². The predicted molar refractivity (Wildman–Crippen MR) is 55.7 cm³/mol. The Morgan fingerprint density at radius 2 is 0.731 bits per heavy atom. The normalized spacial score (nSPS) is 14.5. The smallest absolute Gasteiger partial charge is 0.211 e. The summed E-state index contributed by atoms with van der Waals surface area (Å²) < 4.78 is 157. The molecule has 0 radical (unpaired) electrons. The molecule has 0 saturated heterocycles. The Morgan fingerprint density at radius 1 is 0.500 bits per heavy atom. The maximum atomic E-state index is 13.2. The van der Waals surface area contributed by atoms with E-state index in [4.69, 9.17) is 0 Å². The maximum Gasteiger partial charge on any atom is 0.384 e. The minimum atomic E-state index is -7.76. The molecule has 4 nitrogen and oxygen atoms in total. The molecule has 0 bridgehead atoms. The summed E-state index contributed by atoms with van der Waals surface area (Å²) in [4.78, 5) is 22.6. The molecular weight excluding hydrogens is 408 g/mol. The van der Waals surface area contributed by atoms with E-state index < -0.39 is 48.6 Å². The number of nitrogens with zero attached hydrogens (tertiary/aromatic N) is 2. The molecule has 0 amide bonds. The zero-order valence-electron chi connectivity index (χ0n) is 11.7. The topological polar surface area (TPSA) is 58.9 Å². The van der Waals surface area contributed by atoms with Crippen molar-refractivity contribution >= 4 is 12.2 Å². The lowest BCUT2D eigenvalue weighted by molar-refractivity contribution is -0.422. The van der Waals surface area contributed by atoms with Gasteiger partial charge in [-0.3, -0.25) is 0 Å². The first kappa shape index (κ1) is 23.9. The van der Waals surface area contributed by atoms with Crippen molar-refractivity contribution in [2.75, 3.05) is 13.1 Å². The second kappa shape index (κ2) is 6.91. The zero-order chi connectivity index (χ0) is 21.2. The maximum absolute atomic E-state index is 13.2. The zero-order valence-corrected chi connectivity index (χ0v) is 11.7. The van der Waals surface area contributed by atoms with Crippen LogP contribution in [0.1, 0.15) is 0 Å². The quantitative estimate of drug-likeness (QED) is 0.331. The van der Waals surface area contributed by atoms with Crippen LogP contribution in [0, 0.1) is 0 Å². The Hall–Kier alpha value is -2.08. The molecule has 150 valence electrons. The molecule has 0 aliphatic rings. The number of alkyl halides is 12. The Morgan fingerprint density at radius 3 is 0.923 bits per heavy atom. The van der Waals surface area contributed by atoms with Gasteiger partial charge in [0.1, 0.15) is 13.1 Å². The first-order valence-electron chi connectivity index (χ1n) is 5.71. The minimum absolute atomic E-state index is 0.176. The molecular formula is C10H4F12N2O2. The van der Waals surface area contributed by atoms with Crippen LogP contribution in [0.5, 0.6) is 0 Å². The third-order valence-corrected chi connectivity index (χ3v) is 2.79. The number of isocyanates is 2. The van der Waals surface area contributed by atoms with Crippen molar-refractivity contribution < 1.29 is 62.3 Å². The van der Waals surface area contributed by atoms with Crippen LogP contribution in [0.3, 0.4) is 0 Å². The van der Waals surface area contributed by atoms with Gasteiger partial charge < -0.3 is 0 Å². The van der Waals surface area contributed by atoms with Gasteiger partial charge >= 0.3 is 35.5 Å². The highest BCUT2D eigenvalue weighted by Gasteiger charge is 2.89. The summed E-state index contributed by atoms with van der Waals surface area (Å²) in [5, 5.41) is 0. The fourth-order valence-corrected chi connectivity index (χ4v) is 1.32. The summed E-state index contributed by atoms with van der Waals surface area (Å²) in [5.41, 5.74) is 0. The average Bonchev–Trinajstić information content (AvgIpc) is 2.49. The molecule has 0 aromatic carbocycles. The number of hydrogen-bond acceptors (Lipinski definition) is 4. The molecule has 0 N–H and O–H groups in total. The molecule has 16 heteroatoms. The molecule has 0 aliphatic carbocycles. The molecule has 0 unspecified atom stereocenters. The van der Waals surface area contributed by atoms with Crippen molar-refractivity contribution in [3.8, 4) is 0 Å². The van der Waals surface area contributed by atoms with Gasteiger partial charge in [-0.2, -0.15) is 62.7 Å². The average molecular weight is 412 g/mol. The van der Waals surface area contributed by atoms with E-state index in [9.17, 15) is 62.3 Å². The lowest BCUT2D eigenvalue weighted by Gasteiger charge is -2.40. The molecule has 0 saturated carbocycles. The Bertz CT molecular complexity index is 566. The second-order valence-corrected chi connectivity index (χ2v) is 4.52. The third kappa shape index (κ3) is 3.43. The van der Waals surface area contributed by atoms with Crippen molar-refractivity contribution in [2.45, 2.75) is 35.5 Å². The van der Waals surface area contributed by atoms with Crippen molar-refractivity contribution in [3.05, 3.63) is 0 Å². The van der Waals surface area contributed by atoms with Crippen LogP contribution >= 0.6 is 0 Å². The van der Waals surface area contributed by atoms with Gasteiger partial charge in [-0.15, -0.1) is 0 Å². The van der Waals surface area contributed by atoms with Gasteiger partial charge in [-0.1, -0.05) is 0 Å². The molecule has 0 aromatic rings. The summed E-state index contributed by atoms with van der Waals surface area (Å²) in [6.07, 6.45) is 0.352. The molecule has 0 rings (SSSR count). The lowest BCUT2D eigenvalue weighted by atomic mass is 9.91. The van der Waals surface area contributed by atoms with Crippen molar-refractivity contribution in [1.29, 1.82) is 0 Å². The van der Waals surface area contributed by atoms with E-state index in [-0.39, 0.29) is 12.2 Å². The van der Waals surface area contributed by atoms with Gasteiger partial charge in [0.25, 0.3) is 0 Å². The van der Waals surface area contributed by atoms with E-state index in [0.717, 1.165) is 0 Å². The van der Waals surface area contributed by atoms with Crippen LogP contribution in [0.15, 0.2) is 9.98 Å². The molecule has 0 spiro atoms. The van der Waals surface area contributed by atoms with E-state index in [1.807, 2.05) is 0 Å². The van der Waals surface area contributed by atoms with Crippen LogP contribution < -0.4 is 0 Å². The largest absolute Gasteiger partial charge is 0.384 e. The summed E-state index contributed by atoms with van der Waals surface area (Å²) in [5.74, 6) is -42.9. The van der Waals surface area contributed by atoms with Gasteiger partial charge in [0, 0.05) is 0 Å². The standard InChI is InChI=1S/C10H4F12N2O2/c11-5(12,1-23-3-25)7(15,16)9(19,20)10(21,22)8(17,18)6(13,14)2-24-4-26/h1-2H2. The van der Waals surface area contributed by atoms with E-state index in [1.54, 1.807) is 9.98 Å². The Balaban J connectivity index is 6.30.